The molecule has 5 heteroatoms. The number of amides is 1. The second-order valence-corrected chi connectivity index (χ2v) is 6.02. The zero-order valence-corrected chi connectivity index (χ0v) is 13.5. The fourth-order valence-electron chi connectivity index (χ4n) is 2.59. The molecule has 1 heterocycles. The van der Waals surface area contributed by atoms with E-state index in [0.717, 1.165) is 23.1 Å². The molecule has 0 saturated carbocycles. The highest BCUT2D eigenvalue weighted by molar-refractivity contribution is 9.10. The number of carbonyl (C=O) groups excluding carboxylic acids is 1. The van der Waals surface area contributed by atoms with Gasteiger partial charge in [0.2, 0.25) is 0 Å². The van der Waals surface area contributed by atoms with E-state index in [9.17, 15) is 4.79 Å². The van der Waals surface area contributed by atoms with Crippen LogP contribution in [0.5, 0.6) is 0 Å². The van der Waals surface area contributed by atoms with Crippen molar-refractivity contribution in [1.29, 1.82) is 0 Å². The summed E-state index contributed by atoms with van der Waals surface area (Å²) in [5.74, 6) is -0.0234. The van der Waals surface area contributed by atoms with Gasteiger partial charge in [-0.25, -0.2) is 0 Å². The lowest BCUT2D eigenvalue weighted by Crippen LogP contribution is -2.54. The van der Waals surface area contributed by atoms with Crippen molar-refractivity contribution < 1.29 is 9.53 Å². The zero-order valence-electron chi connectivity index (χ0n) is 11.9. The standard InChI is InChI=1S/C15H21BrN2O2/c1-11(12-5-3-4-6-13(12)16)18-14(19)15(20-2)7-9-17-10-8-15/h3-6,11,17H,7-10H2,1-2H3,(H,18,19). The molecule has 0 bridgehead atoms. The number of ether oxygens (including phenoxy) is 1. The normalized spacial score (nSPS) is 19.4. The van der Waals surface area contributed by atoms with Crippen LogP contribution < -0.4 is 10.6 Å². The molecule has 1 aliphatic rings. The average molecular weight is 341 g/mol. The van der Waals surface area contributed by atoms with E-state index in [1.54, 1.807) is 7.11 Å². The van der Waals surface area contributed by atoms with Crippen LogP contribution in [0.3, 0.4) is 0 Å². The minimum absolute atomic E-state index is 0.0234. The van der Waals surface area contributed by atoms with Gasteiger partial charge in [0, 0.05) is 11.6 Å². The molecule has 0 aromatic heterocycles. The predicted octanol–water partition coefficient (Wildman–Crippen LogP) is 2.39. The molecular weight excluding hydrogens is 320 g/mol. The van der Waals surface area contributed by atoms with E-state index in [-0.39, 0.29) is 11.9 Å². The Morgan fingerprint density at radius 2 is 2.05 bits per heavy atom. The summed E-state index contributed by atoms with van der Waals surface area (Å²) in [6.07, 6.45) is 1.41. The SMILES string of the molecule is COC1(C(=O)NC(C)c2ccccc2Br)CCNCC1. The van der Waals surface area contributed by atoms with Gasteiger partial charge in [0.15, 0.2) is 0 Å². The molecule has 0 radical (unpaired) electrons. The van der Waals surface area contributed by atoms with Gasteiger partial charge in [-0.15, -0.1) is 0 Å². The Bertz CT molecular complexity index is 473. The highest BCUT2D eigenvalue weighted by Crippen LogP contribution is 2.26. The first-order valence-corrected chi connectivity index (χ1v) is 7.69. The van der Waals surface area contributed by atoms with Gasteiger partial charge in [-0.2, -0.15) is 0 Å². The van der Waals surface area contributed by atoms with Crippen molar-refractivity contribution in [3.8, 4) is 0 Å². The van der Waals surface area contributed by atoms with Gasteiger partial charge in [-0.05, 0) is 44.5 Å². The van der Waals surface area contributed by atoms with Crippen molar-refractivity contribution >= 4 is 21.8 Å². The minimum atomic E-state index is -0.694. The summed E-state index contributed by atoms with van der Waals surface area (Å²) in [4.78, 5) is 12.6. The third-order valence-electron chi connectivity index (χ3n) is 3.94. The first-order chi connectivity index (χ1) is 9.59. The van der Waals surface area contributed by atoms with Gasteiger partial charge in [-0.1, -0.05) is 34.1 Å². The second-order valence-electron chi connectivity index (χ2n) is 5.17. The maximum Gasteiger partial charge on any atom is 0.252 e. The summed E-state index contributed by atoms with van der Waals surface area (Å²) < 4.78 is 6.55. The Labute approximate surface area is 128 Å². The lowest BCUT2D eigenvalue weighted by atomic mass is 9.90. The lowest BCUT2D eigenvalue weighted by Gasteiger charge is -2.35. The number of piperidine rings is 1. The Kier molecular flexibility index (Phi) is 5.18. The minimum Gasteiger partial charge on any atom is -0.368 e. The molecular formula is C15H21BrN2O2. The molecule has 1 amide bonds. The molecule has 2 N–H and O–H groups in total. The number of benzene rings is 1. The van der Waals surface area contributed by atoms with E-state index in [0.29, 0.717) is 12.8 Å². The number of carbonyl (C=O) groups is 1. The molecule has 2 rings (SSSR count). The molecule has 20 heavy (non-hydrogen) atoms. The van der Waals surface area contributed by atoms with Crippen LogP contribution in [-0.2, 0) is 9.53 Å². The van der Waals surface area contributed by atoms with E-state index >= 15 is 0 Å². The van der Waals surface area contributed by atoms with Crippen LogP contribution in [0, 0.1) is 0 Å². The third-order valence-corrected chi connectivity index (χ3v) is 4.66. The van der Waals surface area contributed by atoms with Gasteiger partial charge in [0.1, 0.15) is 5.60 Å². The fourth-order valence-corrected chi connectivity index (χ4v) is 3.21. The smallest absolute Gasteiger partial charge is 0.252 e. The van der Waals surface area contributed by atoms with Gasteiger partial charge in [0.05, 0.1) is 6.04 Å². The first kappa shape index (κ1) is 15.5. The maximum absolute atomic E-state index is 12.6. The van der Waals surface area contributed by atoms with Crippen LogP contribution in [-0.4, -0.2) is 31.7 Å². The number of halogens is 1. The number of rotatable bonds is 4. The van der Waals surface area contributed by atoms with Crippen LogP contribution in [0.4, 0.5) is 0 Å². The van der Waals surface area contributed by atoms with E-state index in [1.807, 2.05) is 31.2 Å². The second kappa shape index (κ2) is 6.70. The molecule has 0 aliphatic carbocycles. The molecule has 0 spiro atoms. The van der Waals surface area contributed by atoms with E-state index in [2.05, 4.69) is 26.6 Å². The number of methoxy groups -OCH3 is 1. The summed E-state index contributed by atoms with van der Waals surface area (Å²) in [6.45, 7) is 3.61. The van der Waals surface area contributed by atoms with E-state index in [4.69, 9.17) is 4.74 Å². The van der Waals surface area contributed by atoms with Crippen LogP contribution in [0.15, 0.2) is 28.7 Å². The van der Waals surface area contributed by atoms with Gasteiger partial charge in [-0.3, -0.25) is 4.79 Å². The maximum atomic E-state index is 12.6. The summed E-state index contributed by atoms with van der Waals surface area (Å²) >= 11 is 3.52. The first-order valence-electron chi connectivity index (χ1n) is 6.90. The molecule has 1 aromatic rings. The average Bonchev–Trinajstić information content (AvgIpc) is 2.48. The Hall–Kier alpha value is -0.910. The van der Waals surface area contributed by atoms with Gasteiger partial charge >= 0.3 is 0 Å². The van der Waals surface area contributed by atoms with Gasteiger partial charge in [0.25, 0.3) is 5.91 Å². The van der Waals surface area contributed by atoms with Crippen molar-refractivity contribution in [2.75, 3.05) is 20.2 Å². The molecule has 4 nitrogen and oxygen atoms in total. The summed E-state index contributed by atoms with van der Waals surface area (Å²) in [5.41, 5.74) is 0.377. The summed E-state index contributed by atoms with van der Waals surface area (Å²) in [6, 6.07) is 7.87. The van der Waals surface area contributed by atoms with E-state index < -0.39 is 5.60 Å². The molecule has 1 aromatic carbocycles. The molecule has 110 valence electrons. The monoisotopic (exact) mass is 340 g/mol. The Balaban J connectivity index is 2.08. The summed E-state index contributed by atoms with van der Waals surface area (Å²) in [5, 5.41) is 6.33. The Morgan fingerprint density at radius 3 is 2.65 bits per heavy atom. The summed E-state index contributed by atoms with van der Waals surface area (Å²) in [7, 11) is 1.62. The number of nitrogens with one attached hydrogen (secondary N) is 2. The highest BCUT2D eigenvalue weighted by Gasteiger charge is 2.40. The molecule has 1 fully saturated rings. The van der Waals surface area contributed by atoms with Crippen LogP contribution >= 0.6 is 15.9 Å². The van der Waals surface area contributed by atoms with Crippen molar-refractivity contribution in [2.24, 2.45) is 0 Å². The Morgan fingerprint density at radius 1 is 1.40 bits per heavy atom. The van der Waals surface area contributed by atoms with Crippen molar-refractivity contribution in [3.05, 3.63) is 34.3 Å². The van der Waals surface area contributed by atoms with Crippen LogP contribution in [0.2, 0.25) is 0 Å². The third kappa shape index (κ3) is 3.22. The van der Waals surface area contributed by atoms with Crippen molar-refractivity contribution in [3.63, 3.8) is 0 Å². The van der Waals surface area contributed by atoms with Crippen molar-refractivity contribution in [1.82, 2.24) is 10.6 Å². The highest BCUT2D eigenvalue weighted by atomic mass is 79.9. The number of hydrogen-bond donors (Lipinski definition) is 2. The lowest BCUT2D eigenvalue weighted by molar-refractivity contribution is -0.147. The quantitative estimate of drug-likeness (QED) is 0.884. The van der Waals surface area contributed by atoms with Crippen molar-refractivity contribution in [2.45, 2.75) is 31.4 Å². The van der Waals surface area contributed by atoms with Gasteiger partial charge < -0.3 is 15.4 Å². The number of hydrogen-bond acceptors (Lipinski definition) is 3. The topological polar surface area (TPSA) is 50.4 Å². The van der Waals surface area contributed by atoms with Crippen LogP contribution in [0.1, 0.15) is 31.4 Å². The van der Waals surface area contributed by atoms with E-state index in [1.165, 1.54) is 0 Å². The molecule has 1 aliphatic heterocycles. The largest absolute Gasteiger partial charge is 0.368 e. The molecule has 1 unspecified atom stereocenters. The predicted molar refractivity (Wildman–Crippen MR) is 82.5 cm³/mol. The zero-order chi connectivity index (χ0) is 14.6. The van der Waals surface area contributed by atoms with Crippen LogP contribution in [0.25, 0.3) is 0 Å². The molecule has 1 atom stereocenters. The fraction of sp³-hybridized carbons (Fsp3) is 0.533. The molecule has 1 saturated heterocycles.